The second-order valence-corrected chi connectivity index (χ2v) is 13.7. The first-order valence-electron chi connectivity index (χ1n) is 15.8. The van der Waals surface area contributed by atoms with E-state index in [9.17, 15) is 19.2 Å². The third-order valence-corrected chi connectivity index (χ3v) is 8.39. The van der Waals surface area contributed by atoms with E-state index in [0.29, 0.717) is 25.1 Å². The van der Waals surface area contributed by atoms with Gasteiger partial charge in [0, 0.05) is 26.6 Å². The molecule has 0 saturated carbocycles. The fourth-order valence-electron chi connectivity index (χ4n) is 6.00. The van der Waals surface area contributed by atoms with Gasteiger partial charge in [0.2, 0.25) is 11.8 Å². The molecular formula is C36H43N5O6. The lowest BCUT2D eigenvalue weighted by Gasteiger charge is -2.41. The number of hydrogen-bond donors (Lipinski definition) is 2. The molecule has 11 nitrogen and oxygen atoms in total. The summed E-state index contributed by atoms with van der Waals surface area (Å²) in [5, 5.41) is 13.3. The normalized spacial score (nSPS) is 18.7. The Balaban J connectivity index is 1.39. The highest BCUT2D eigenvalue weighted by molar-refractivity contribution is 6.13. The van der Waals surface area contributed by atoms with E-state index in [0.717, 1.165) is 22.0 Å². The number of hydrogen-bond acceptors (Lipinski definition) is 7. The molecule has 4 amide bonds. The molecule has 2 aliphatic rings. The van der Waals surface area contributed by atoms with Crippen molar-refractivity contribution in [1.82, 2.24) is 20.5 Å². The number of ether oxygens (including phenoxy) is 2. The Hall–Kier alpha value is -4.93. The lowest BCUT2D eigenvalue weighted by molar-refractivity contribution is -0.143. The quantitative estimate of drug-likeness (QED) is 0.359. The standard InChI is InChI=1S/C36H43N5O6/c1-34(2,3)47-33(45)38-35(4,5)31(43)37-28(22-46-27-17-16-25-14-10-11-15-26(25)20-27)30(42)41-19-18-29-36(23-41,32(44)40(6)39-29)21-24-12-8-7-9-13-24/h7-17,20,28H,18-19,21-23H2,1-6H3,(H,37,43)(H,38,45)/t28-,36-/m1/s1. The molecule has 0 bridgehead atoms. The molecule has 0 unspecified atom stereocenters. The summed E-state index contributed by atoms with van der Waals surface area (Å²) in [5.74, 6) is -0.646. The van der Waals surface area contributed by atoms with Gasteiger partial charge in [-0.3, -0.25) is 14.4 Å². The van der Waals surface area contributed by atoms with Crippen LogP contribution in [0.1, 0.15) is 46.6 Å². The Bertz CT molecular complexity index is 1700. The first-order chi connectivity index (χ1) is 22.2. The highest BCUT2D eigenvalue weighted by atomic mass is 16.6. The minimum Gasteiger partial charge on any atom is -0.491 e. The number of carbonyl (C=O) groups is 4. The van der Waals surface area contributed by atoms with E-state index in [1.807, 2.05) is 72.8 Å². The molecule has 0 spiro atoms. The highest BCUT2D eigenvalue weighted by Gasteiger charge is 2.54. The molecule has 1 fully saturated rings. The lowest BCUT2D eigenvalue weighted by atomic mass is 9.73. The predicted molar refractivity (Wildman–Crippen MR) is 179 cm³/mol. The third-order valence-electron chi connectivity index (χ3n) is 8.39. The third kappa shape index (κ3) is 7.56. The molecular weight excluding hydrogens is 598 g/mol. The van der Waals surface area contributed by atoms with Crippen molar-refractivity contribution in [2.24, 2.45) is 10.5 Å². The molecule has 0 aliphatic carbocycles. The van der Waals surface area contributed by atoms with Gasteiger partial charge in [0.1, 0.15) is 35.0 Å². The minimum absolute atomic E-state index is 0.102. The summed E-state index contributed by atoms with van der Waals surface area (Å²) in [5.41, 5.74) is -1.51. The number of amides is 4. The predicted octanol–water partition coefficient (Wildman–Crippen LogP) is 4.30. The van der Waals surface area contributed by atoms with Crippen LogP contribution in [-0.4, -0.2) is 83.4 Å². The smallest absolute Gasteiger partial charge is 0.408 e. The molecule has 2 N–H and O–H groups in total. The molecule has 11 heteroatoms. The molecule has 0 aromatic heterocycles. The summed E-state index contributed by atoms with van der Waals surface area (Å²) in [4.78, 5) is 55.8. The Morgan fingerprint density at radius 2 is 1.64 bits per heavy atom. The molecule has 1 saturated heterocycles. The van der Waals surface area contributed by atoms with Gasteiger partial charge in [-0.2, -0.15) is 5.10 Å². The van der Waals surface area contributed by atoms with Crippen molar-refractivity contribution >= 4 is 40.3 Å². The van der Waals surface area contributed by atoms with Crippen LogP contribution in [0, 0.1) is 5.41 Å². The van der Waals surface area contributed by atoms with Crippen molar-refractivity contribution in [3.8, 4) is 5.75 Å². The van der Waals surface area contributed by atoms with Crippen molar-refractivity contribution in [1.29, 1.82) is 0 Å². The van der Waals surface area contributed by atoms with Gasteiger partial charge in [0.15, 0.2) is 0 Å². The largest absolute Gasteiger partial charge is 0.491 e. The van der Waals surface area contributed by atoms with Crippen molar-refractivity contribution in [2.45, 2.75) is 64.6 Å². The number of hydrazone groups is 1. The number of piperidine rings is 1. The molecule has 3 aromatic carbocycles. The maximum atomic E-state index is 14.3. The van der Waals surface area contributed by atoms with Crippen LogP contribution in [-0.2, 0) is 25.5 Å². The van der Waals surface area contributed by atoms with Crippen LogP contribution in [0.3, 0.4) is 0 Å². The zero-order valence-electron chi connectivity index (χ0n) is 27.8. The molecule has 0 radical (unpaired) electrons. The number of fused-ring (bicyclic) bond motifs is 2. The van der Waals surface area contributed by atoms with E-state index in [4.69, 9.17) is 9.47 Å². The number of rotatable bonds is 9. The Morgan fingerprint density at radius 3 is 2.34 bits per heavy atom. The van der Waals surface area contributed by atoms with Crippen LogP contribution >= 0.6 is 0 Å². The van der Waals surface area contributed by atoms with E-state index in [1.165, 1.54) is 18.9 Å². The molecule has 2 atom stereocenters. The first-order valence-corrected chi connectivity index (χ1v) is 15.8. The number of likely N-dealkylation sites (tertiary alicyclic amines) is 1. The second-order valence-electron chi connectivity index (χ2n) is 13.7. The van der Waals surface area contributed by atoms with Gasteiger partial charge >= 0.3 is 6.09 Å². The van der Waals surface area contributed by atoms with E-state index in [1.54, 1.807) is 32.7 Å². The Morgan fingerprint density at radius 1 is 0.957 bits per heavy atom. The first kappa shape index (κ1) is 33.4. The zero-order chi connectivity index (χ0) is 34.0. The fraction of sp³-hybridized carbons (Fsp3) is 0.417. The maximum Gasteiger partial charge on any atom is 0.408 e. The number of nitrogens with zero attached hydrogens (tertiary/aromatic N) is 3. The van der Waals surface area contributed by atoms with Crippen molar-refractivity contribution in [3.63, 3.8) is 0 Å². The maximum absolute atomic E-state index is 14.3. The van der Waals surface area contributed by atoms with Gasteiger partial charge in [0.25, 0.3) is 5.91 Å². The molecule has 248 valence electrons. The molecule has 2 heterocycles. The van der Waals surface area contributed by atoms with Gasteiger partial charge in [0.05, 0.1) is 5.71 Å². The average molecular weight is 642 g/mol. The number of alkyl carbamates (subject to hydrolysis) is 1. The van der Waals surface area contributed by atoms with E-state index >= 15 is 0 Å². The van der Waals surface area contributed by atoms with Gasteiger partial charge in [-0.1, -0.05) is 60.7 Å². The summed E-state index contributed by atoms with van der Waals surface area (Å²) in [6.45, 7) is 8.48. The second kappa shape index (κ2) is 13.1. The van der Waals surface area contributed by atoms with Gasteiger partial charge in [-0.05, 0) is 69.5 Å². The van der Waals surface area contributed by atoms with E-state index in [-0.39, 0.29) is 19.1 Å². The van der Waals surface area contributed by atoms with Crippen molar-refractivity contribution in [3.05, 3.63) is 78.4 Å². The molecule has 47 heavy (non-hydrogen) atoms. The SMILES string of the molecule is CN1N=C2CCN(C(=O)[C@@H](COc3ccc4ccccc4c3)NC(=O)C(C)(C)NC(=O)OC(C)(C)C)C[C@@]2(Cc2ccccc2)C1=O. The summed E-state index contributed by atoms with van der Waals surface area (Å²) in [6, 6.07) is 22.0. The van der Waals surface area contributed by atoms with Crippen LogP contribution < -0.4 is 15.4 Å². The fourth-order valence-corrected chi connectivity index (χ4v) is 6.00. The van der Waals surface area contributed by atoms with E-state index < -0.39 is 40.5 Å². The van der Waals surface area contributed by atoms with Crippen LogP contribution in [0.15, 0.2) is 77.9 Å². The van der Waals surface area contributed by atoms with Gasteiger partial charge in [-0.15, -0.1) is 0 Å². The molecule has 2 aliphatic heterocycles. The van der Waals surface area contributed by atoms with Gasteiger partial charge in [-0.25, -0.2) is 9.80 Å². The molecule has 3 aromatic rings. The van der Waals surface area contributed by atoms with Gasteiger partial charge < -0.3 is 25.0 Å². The number of nitrogens with one attached hydrogen (secondary N) is 2. The average Bonchev–Trinajstić information content (AvgIpc) is 3.26. The minimum atomic E-state index is -1.43. The monoisotopic (exact) mass is 641 g/mol. The topological polar surface area (TPSA) is 130 Å². The van der Waals surface area contributed by atoms with Crippen LogP contribution in [0.25, 0.3) is 10.8 Å². The molecule has 5 rings (SSSR count). The van der Waals surface area contributed by atoms with Crippen LogP contribution in [0.2, 0.25) is 0 Å². The van der Waals surface area contributed by atoms with Crippen LogP contribution in [0.4, 0.5) is 4.79 Å². The Kier molecular flexibility index (Phi) is 9.29. The summed E-state index contributed by atoms with van der Waals surface area (Å²) >= 11 is 0. The summed E-state index contributed by atoms with van der Waals surface area (Å²) in [6.07, 6.45) is 0.0337. The summed E-state index contributed by atoms with van der Waals surface area (Å²) < 4.78 is 11.5. The number of benzene rings is 3. The zero-order valence-corrected chi connectivity index (χ0v) is 27.8. The number of carbonyl (C=O) groups excluding carboxylic acids is 4. The van der Waals surface area contributed by atoms with E-state index in [2.05, 4.69) is 15.7 Å². The highest BCUT2D eigenvalue weighted by Crippen LogP contribution is 2.38. The van der Waals surface area contributed by atoms with Crippen molar-refractivity contribution < 1.29 is 28.7 Å². The summed E-state index contributed by atoms with van der Waals surface area (Å²) in [7, 11) is 1.63. The lowest BCUT2D eigenvalue weighted by Crippen LogP contribution is -2.63. The van der Waals surface area contributed by atoms with Crippen molar-refractivity contribution in [2.75, 3.05) is 26.7 Å². The van der Waals surface area contributed by atoms with Crippen LogP contribution in [0.5, 0.6) is 5.75 Å². The Labute approximate surface area is 275 Å².